The minimum absolute atomic E-state index is 0.0309. The van der Waals surface area contributed by atoms with Crippen molar-refractivity contribution in [2.45, 2.75) is 24.3 Å². The Balaban J connectivity index is 1.78. The van der Waals surface area contributed by atoms with Crippen LogP contribution < -0.4 is 15.7 Å². The van der Waals surface area contributed by atoms with E-state index in [1.807, 2.05) is 30.3 Å². The average molecular weight is 307 g/mol. The predicted molar refractivity (Wildman–Crippen MR) is 76.1 cm³/mol. The standard InChI is InChI=1S/C14H16N2O4S/c17-12(15-7-9-4-2-1-3-5-9)6-11-13(18)16-10(8-21-11)14(19)20/h1-5,10-11H,6-8H2,(H,15,17)(H,16,18)(H,19,20)/p-1/t10-,11-/m1/s1. The van der Waals surface area contributed by atoms with Crippen LogP contribution in [0.15, 0.2) is 30.3 Å². The Bertz CT molecular complexity index is 535. The monoisotopic (exact) mass is 307 g/mol. The van der Waals surface area contributed by atoms with Crippen molar-refractivity contribution in [3.63, 3.8) is 0 Å². The van der Waals surface area contributed by atoms with Gasteiger partial charge in [0.15, 0.2) is 0 Å². The van der Waals surface area contributed by atoms with E-state index < -0.39 is 23.2 Å². The topological polar surface area (TPSA) is 98.3 Å². The maximum atomic E-state index is 11.8. The fourth-order valence-corrected chi connectivity index (χ4v) is 3.04. The van der Waals surface area contributed by atoms with E-state index in [9.17, 15) is 19.5 Å². The Morgan fingerprint density at radius 3 is 2.67 bits per heavy atom. The van der Waals surface area contributed by atoms with Crippen molar-refractivity contribution >= 4 is 29.5 Å². The van der Waals surface area contributed by atoms with Crippen LogP contribution in [0, 0.1) is 0 Å². The zero-order valence-electron chi connectivity index (χ0n) is 11.2. The van der Waals surface area contributed by atoms with Gasteiger partial charge in [-0.3, -0.25) is 9.59 Å². The van der Waals surface area contributed by atoms with Gasteiger partial charge in [0.1, 0.15) is 0 Å². The number of nitrogens with one attached hydrogen (secondary N) is 2. The number of hydrogen-bond acceptors (Lipinski definition) is 5. The third-order valence-corrected chi connectivity index (χ3v) is 4.37. The second kappa shape index (κ2) is 7.12. The van der Waals surface area contributed by atoms with E-state index in [2.05, 4.69) is 10.6 Å². The summed E-state index contributed by atoms with van der Waals surface area (Å²) >= 11 is 1.16. The van der Waals surface area contributed by atoms with Crippen LogP contribution in [-0.4, -0.2) is 34.8 Å². The molecule has 1 aliphatic rings. The second-order valence-electron chi connectivity index (χ2n) is 4.67. The van der Waals surface area contributed by atoms with E-state index in [-0.39, 0.29) is 18.1 Å². The Morgan fingerprint density at radius 1 is 1.33 bits per heavy atom. The maximum absolute atomic E-state index is 11.8. The number of carbonyl (C=O) groups is 3. The molecule has 0 bridgehead atoms. The highest BCUT2D eigenvalue weighted by molar-refractivity contribution is 8.00. The minimum atomic E-state index is -1.30. The third-order valence-electron chi connectivity index (χ3n) is 3.06. The van der Waals surface area contributed by atoms with E-state index in [4.69, 9.17) is 0 Å². The molecule has 7 heteroatoms. The van der Waals surface area contributed by atoms with Crippen molar-refractivity contribution in [2.75, 3.05) is 5.75 Å². The van der Waals surface area contributed by atoms with E-state index >= 15 is 0 Å². The number of carbonyl (C=O) groups excluding carboxylic acids is 3. The molecule has 0 aromatic heterocycles. The minimum Gasteiger partial charge on any atom is -0.548 e. The zero-order valence-corrected chi connectivity index (χ0v) is 12.0. The molecule has 112 valence electrons. The number of carboxylic acid groups (broad SMARTS) is 1. The first-order chi connectivity index (χ1) is 10.1. The van der Waals surface area contributed by atoms with Crippen molar-refractivity contribution < 1.29 is 19.5 Å². The smallest absolute Gasteiger partial charge is 0.234 e. The summed E-state index contributed by atoms with van der Waals surface area (Å²) in [7, 11) is 0. The molecule has 1 aromatic rings. The largest absolute Gasteiger partial charge is 0.548 e. The Labute approximate surface area is 126 Å². The lowest BCUT2D eigenvalue weighted by Gasteiger charge is -2.28. The van der Waals surface area contributed by atoms with Crippen LogP contribution in [0.3, 0.4) is 0 Å². The molecule has 2 atom stereocenters. The summed E-state index contributed by atoms with van der Waals surface area (Å²) in [6.07, 6.45) is 0.0309. The van der Waals surface area contributed by atoms with Crippen LogP contribution in [-0.2, 0) is 20.9 Å². The molecule has 6 nitrogen and oxygen atoms in total. The lowest BCUT2D eigenvalue weighted by Crippen LogP contribution is -2.55. The summed E-state index contributed by atoms with van der Waals surface area (Å²) in [5.74, 6) is -1.76. The van der Waals surface area contributed by atoms with Crippen LogP contribution in [0.25, 0.3) is 0 Å². The predicted octanol–water partition coefficient (Wildman–Crippen LogP) is -0.957. The number of hydrogen-bond donors (Lipinski definition) is 2. The van der Waals surface area contributed by atoms with Gasteiger partial charge in [-0.05, 0) is 5.56 Å². The van der Waals surface area contributed by atoms with Gasteiger partial charge in [-0.25, -0.2) is 0 Å². The summed E-state index contributed by atoms with van der Waals surface area (Å²) in [6.45, 7) is 0.403. The summed E-state index contributed by atoms with van der Waals surface area (Å²) in [5, 5.41) is 15.2. The van der Waals surface area contributed by atoms with Crippen molar-refractivity contribution in [3.8, 4) is 0 Å². The lowest BCUT2D eigenvalue weighted by atomic mass is 10.2. The van der Waals surface area contributed by atoms with Gasteiger partial charge in [0.05, 0.1) is 17.3 Å². The quantitative estimate of drug-likeness (QED) is 0.730. The Hall–Kier alpha value is -2.02. The van der Waals surface area contributed by atoms with Crippen molar-refractivity contribution in [2.24, 2.45) is 0 Å². The van der Waals surface area contributed by atoms with Crippen LogP contribution in [0.1, 0.15) is 12.0 Å². The molecule has 1 saturated heterocycles. The van der Waals surface area contributed by atoms with Gasteiger partial charge in [0, 0.05) is 18.7 Å². The number of rotatable bonds is 5. The SMILES string of the molecule is O=C(C[C@H]1SC[C@H](C(=O)[O-])NC1=O)NCc1ccccc1. The second-order valence-corrected chi connectivity index (χ2v) is 5.90. The molecule has 2 N–H and O–H groups in total. The van der Waals surface area contributed by atoms with Crippen molar-refractivity contribution in [1.82, 2.24) is 10.6 Å². The highest BCUT2D eigenvalue weighted by atomic mass is 32.2. The molecule has 0 saturated carbocycles. The molecular formula is C14H15N2O4S-. The zero-order chi connectivity index (χ0) is 15.2. The number of amides is 2. The number of carboxylic acids is 1. The van der Waals surface area contributed by atoms with Gasteiger partial charge in [-0.2, -0.15) is 0 Å². The number of thioether (sulfide) groups is 1. The van der Waals surface area contributed by atoms with Gasteiger partial charge in [-0.15, -0.1) is 11.8 Å². The summed E-state index contributed by atoms with van der Waals surface area (Å²) in [5.41, 5.74) is 0.976. The molecule has 0 aliphatic carbocycles. The normalized spacial score (nSPS) is 21.4. The first kappa shape index (κ1) is 15.4. The Morgan fingerprint density at radius 2 is 2.05 bits per heavy atom. The number of benzene rings is 1. The average Bonchev–Trinajstić information content (AvgIpc) is 2.48. The third kappa shape index (κ3) is 4.49. The molecule has 0 spiro atoms. The Kier molecular flexibility index (Phi) is 5.21. The molecule has 1 heterocycles. The molecule has 1 fully saturated rings. The number of aliphatic carboxylic acids is 1. The molecule has 21 heavy (non-hydrogen) atoms. The van der Waals surface area contributed by atoms with Crippen molar-refractivity contribution in [1.29, 1.82) is 0 Å². The van der Waals surface area contributed by atoms with Gasteiger partial charge >= 0.3 is 0 Å². The summed E-state index contributed by atoms with van der Waals surface area (Å²) in [4.78, 5) is 34.2. The van der Waals surface area contributed by atoms with E-state index in [0.29, 0.717) is 6.54 Å². The molecule has 2 amide bonds. The summed E-state index contributed by atoms with van der Waals surface area (Å²) < 4.78 is 0. The van der Waals surface area contributed by atoms with Gasteiger partial charge in [0.25, 0.3) is 0 Å². The molecule has 0 radical (unpaired) electrons. The van der Waals surface area contributed by atoms with E-state index in [1.54, 1.807) is 0 Å². The van der Waals surface area contributed by atoms with Gasteiger partial charge in [0.2, 0.25) is 11.8 Å². The molecule has 0 unspecified atom stereocenters. The van der Waals surface area contributed by atoms with Gasteiger partial charge < -0.3 is 20.5 Å². The molecular weight excluding hydrogens is 292 g/mol. The lowest BCUT2D eigenvalue weighted by molar-refractivity contribution is -0.307. The highest BCUT2D eigenvalue weighted by Gasteiger charge is 2.30. The highest BCUT2D eigenvalue weighted by Crippen LogP contribution is 2.20. The van der Waals surface area contributed by atoms with Crippen LogP contribution >= 0.6 is 11.8 Å². The first-order valence-corrected chi connectivity index (χ1v) is 7.54. The van der Waals surface area contributed by atoms with E-state index in [1.165, 1.54) is 0 Å². The summed E-state index contributed by atoms with van der Waals surface area (Å²) in [6, 6.07) is 8.46. The molecule has 2 rings (SSSR count). The van der Waals surface area contributed by atoms with Crippen LogP contribution in [0.5, 0.6) is 0 Å². The first-order valence-electron chi connectivity index (χ1n) is 6.49. The maximum Gasteiger partial charge on any atom is 0.234 e. The molecule has 1 aliphatic heterocycles. The van der Waals surface area contributed by atoms with Gasteiger partial charge in [-0.1, -0.05) is 30.3 Å². The van der Waals surface area contributed by atoms with E-state index in [0.717, 1.165) is 17.3 Å². The van der Waals surface area contributed by atoms with Crippen molar-refractivity contribution in [3.05, 3.63) is 35.9 Å². The van der Waals surface area contributed by atoms with Crippen LogP contribution in [0.2, 0.25) is 0 Å². The fraction of sp³-hybridized carbons (Fsp3) is 0.357. The fourth-order valence-electron chi connectivity index (χ4n) is 1.91. The van der Waals surface area contributed by atoms with Crippen LogP contribution in [0.4, 0.5) is 0 Å². The molecule has 1 aromatic carbocycles.